The van der Waals surface area contributed by atoms with Crippen molar-refractivity contribution in [3.05, 3.63) is 35.9 Å². The quantitative estimate of drug-likeness (QED) is 0.855. The van der Waals surface area contributed by atoms with Crippen molar-refractivity contribution in [1.29, 1.82) is 0 Å². The van der Waals surface area contributed by atoms with Crippen molar-refractivity contribution in [3.8, 4) is 11.5 Å². The number of halogens is 2. The molecule has 0 amide bonds. The van der Waals surface area contributed by atoms with E-state index in [4.69, 9.17) is 4.74 Å². The Bertz CT molecular complexity index is 572. The summed E-state index contributed by atoms with van der Waals surface area (Å²) in [5, 5.41) is 3.02. The van der Waals surface area contributed by atoms with Gasteiger partial charge in [0.1, 0.15) is 11.5 Å². The van der Waals surface area contributed by atoms with Crippen molar-refractivity contribution >= 4 is 5.69 Å². The zero-order chi connectivity index (χ0) is 14.5. The molecule has 0 saturated carbocycles. The number of rotatable bonds is 6. The summed E-state index contributed by atoms with van der Waals surface area (Å²) in [6.45, 7) is -0.607. The van der Waals surface area contributed by atoms with E-state index in [9.17, 15) is 8.78 Å². The predicted molar refractivity (Wildman–Crippen MR) is 70.3 cm³/mol. The summed E-state index contributed by atoms with van der Waals surface area (Å²) in [7, 11) is 1.50. The van der Waals surface area contributed by atoms with Crippen LogP contribution in [0.15, 0.2) is 24.5 Å². The molecule has 1 aromatic carbocycles. The molecule has 1 heterocycles. The molecule has 2 aromatic rings. The van der Waals surface area contributed by atoms with Crippen LogP contribution in [0.25, 0.3) is 0 Å². The lowest BCUT2D eigenvalue weighted by Gasteiger charge is -2.13. The lowest BCUT2D eigenvalue weighted by Crippen LogP contribution is -2.07. The number of methoxy groups -OCH3 is 1. The number of benzene rings is 1. The fourth-order valence-corrected chi connectivity index (χ4v) is 1.72. The summed E-state index contributed by atoms with van der Waals surface area (Å²) < 4.78 is 34.3. The molecule has 0 aliphatic rings. The van der Waals surface area contributed by atoms with Crippen LogP contribution >= 0.6 is 0 Å². The highest BCUT2D eigenvalue weighted by Gasteiger charge is 2.11. The Hall–Kier alpha value is -2.31. The molecule has 1 aromatic heterocycles. The first-order valence-corrected chi connectivity index (χ1v) is 5.95. The molecule has 2 rings (SSSR count). The smallest absolute Gasteiger partial charge is 0.387 e. The van der Waals surface area contributed by atoms with Gasteiger partial charge in [-0.25, -0.2) is 4.98 Å². The number of H-pyrrole nitrogens is 1. The van der Waals surface area contributed by atoms with Gasteiger partial charge in [0.2, 0.25) is 0 Å². The Kier molecular flexibility index (Phi) is 4.39. The molecule has 0 bridgehead atoms. The van der Waals surface area contributed by atoms with E-state index in [2.05, 4.69) is 20.0 Å². The number of aromatic nitrogens is 2. The Morgan fingerprint density at radius 3 is 2.80 bits per heavy atom. The number of aryl methyl sites for hydroxylation is 1. The Labute approximate surface area is 114 Å². The maximum absolute atomic E-state index is 12.4. The van der Waals surface area contributed by atoms with Crippen LogP contribution in [0, 0.1) is 6.92 Å². The van der Waals surface area contributed by atoms with Gasteiger partial charge >= 0.3 is 6.61 Å². The van der Waals surface area contributed by atoms with E-state index >= 15 is 0 Å². The standard InChI is InChI=1S/C13H15F2N3O2/c1-8-11(18-7-17-8)6-16-10-5-9(19-2)3-4-12(10)20-13(14)15/h3-5,7,13,16H,6H2,1-2H3,(H,17,18). The number of hydrogen-bond acceptors (Lipinski definition) is 4. The number of hydrogen-bond donors (Lipinski definition) is 2. The normalized spacial score (nSPS) is 10.7. The fourth-order valence-electron chi connectivity index (χ4n) is 1.72. The lowest BCUT2D eigenvalue weighted by molar-refractivity contribution is -0.0494. The average Bonchev–Trinajstić information content (AvgIpc) is 2.82. The van der Waals surface area contributed by atoms with Crippen LogP contribution in [-0.4, -0.2) is 23.7 Å². The van der Waals surface area contributed by atoms with Gasteiger partial charge in [-0.15, -0.1) is 0 Å². The Morgan fingerprint density at radius 1 is 1.40 bits per heavy atom. The third kappa shape index (κ3) is 3.37. The molecular weight excluding hydrogens is 268 g/mol. The van der Waals surface area contributed by atoms with Crippen LogP contribution in [0.3, 0.4) is 0 Å². The SMILES string of the molecule is COc1ccc(OC(F)F)c(NCc2nc[nH]c2C)c1. The Morgan fingerprint density at radius 2 is 2.20 bits per heavy atom. The number of imidazole rings is 1. The largest absolute Gasteiger partial charge is 0.497 e. The first kappa shape index (κ1) is 14.1. The number of nitrogens with one attached hydrogen (secondary N) is 2. The number of aromatic amines is 1. The van der Waals surface area contributed by atoms with Gasteiger partial charge in [0.15, 0.2) is 0 Å². The second kappa shape index (κ2) is 6.23. The van der Waals surface area contributed by atoms with Gasteiger partial charge in [-0.3, -0.25) is 0 Å². The average molecular weight is 283 g/mol. The monoisotopic (exact) mass is 283 g/mol. The predicted octanol–water partition coefficient (Wildman–Crippen LogP) is 2.94. The summed E-state index contributed by atoms with van der Waals surface area (Å²) in [6, 6.07) is 4.59. The first-order chi connectivity index (χ1) is 9.60. The topological polar surface area (TPSA) is 59.2 Å². The molecule has 0 spiro atoms. The van der Waals surface area contributed by atoms with Crippen LogP contribution in [-0.2, 0) is 6.54 Å². The van der Waals surface area contributed by atoms with Crippen molar-refractivity contribution in [2.45, 2.75) is 20.1 Å². The molecule has 2 N–H and O–H groups in total. The molecule has 0 saturated heterocycles. The van der Waals surface area contributed by atoms with Gasteiger partial charge in [-0.05, 0) is 19.1 Å². The minimum Gasteiger partial charge on any atom is -0.497 e. The number of nitrogens with zero attached hydrogens (tertiary/aromatic N) is 1. The highest BCUT2D eigenvalue weighted by atomic mass is 19.3. The summed E-state index contributed by atoms with van der Waals surface area (Å²) in [6.07, 6.45) is 1.58. The molecule has 0 unspecified atom stereocenters. The third-order valence-electron chi connectivity index (χ3n) is 2.78. The second-order valence-electron chi connectivity index (χ2n) is 4.07. The fraction of sp³-hybridized carbons (Fsp3) is 0.308. The molecular formula is C13H15F2N3O2. The van der Waals surface area contributed by atoms with Crippen molar-refractivity contribution in [2.24, 2.45) is 0 Å². The number of anilines is 1. The third-order valence-corrected chi connectivity index (χ3v) is 2.78. The molecule has 0 aliphatic carbocycles. The lowest BCUT2D eigenvalue weighted by atomic mass is 10.2. The molecule has 20 heavy (non-hydrogen) atoms. The van der Waals surface area contributed by atoms with Gasteiger partial charge in [0, 0.05) is 11.8 Å². The molecule has 5 nitrogen and oxygen atoms in total. The summed E-state index contributed by atoms with van der Waals surface area (Å²) in [5.41, 5.74) is 2.14. The van der Waals surface area contributed by atoms with E-state index in [0.29, 0.717) is 18.0 Å². The van der Waals surface area contributed by atoms with Gasteiger partial charge in [0.05, 0.1) is 31.4 Å². The first-order valence-electron chi connectivity index (χ1n) is 5.95. The van der Waals surface area contributed by atoms with E-state index in [-0.39, 0.29) is 5.75 Å². The zero-order valence-electron chi connectivity index (χ0n) is 11.1. The van der Waals surface area contributed by atoms with Crippen LogP contribution in [0.4, 0.5) is 14.5 Å². The van der Waals surface area contributed by atoms with E-state index < -0.39 is 6.61 Å². The van der Waals surface area contributed by atoms with Crippen molar-refractivity contribution < 1.29 is 18.3 Å². The maximum atomic E-state index is 12.4. The molecule has 0 radical (unpaired) electrons. The molecule has 0 fully saturated rings. The van der Waals surface area contributed by atoms with Gasteiger partial charge in [-0.2, -0.15) is 8.78 Å². The minimum absolute atomic E-state index is 0.0639. The second-order valence-corrected chi connectivity index (χ2v) is 4.07. The summed E-state index contributed by atoms with van der Waals surface area (Å²) in [4.78, 5) is 7.07. The van der Waals surface area contributed by atoms with Crippen LogP contribution in [0.1, 0.15) is 11.4 Å². The van der Waals surface area contributed by atoms with Crippen molar-refractivity contribution in [3.63, 3.8) is 0 Å². The van der Waals surface area contributed by atoms with Crippen LogP contribution in [0.5, 0.6) is 11.5 Å². The maximum Gasteiger partial charge on any atom is 0.387 e. The zero-order valence-corrected chi connectivity index (χ0v) is 11.1. The van der Waals surface area contributed by atoms with E-state index in [1.165, 1.54) is 13.2 Å². The Balaban J connectivity index is 2.17. The van der Waals surface area contributed by atoms with Crippen molar-refractivity contribution in [1.82, 2.24) is 9.97 Å². The summed E-state index contributed by atoms with van der Waals surface area (Å²) >= 11 is 0. The van der Waals surface area contributed by atoms with Gasteiger partial charge < -0.3 is 19.8 Å². The highest BCUT2D eigenvalue weighted by molar-refractivity contribution is 5.59. The molecule has 7 heteroatoms. The molecule has 0 atom stereocenters. The van der Waals surface area contributed by atoms with Crippen LogP contribution < -0.4 is 14.8 Å². The highest BCUT2D eigenvalue weighted by Crippen LogP contribution is 2.30. The van der Waals surface area contributed by atoms with E-state index in [1.807, 2.05) is 6.92 Å². The van der Waals surface area contributed by atoms with Gasteiger partial charge in [-0.1, -0.05) is 0 Å². The van der Waals surface area contributed by atoms with E-state index in [0.717, 1.165) is 11.4 Å². The van der Waals surface area contributed by atoms with Crippen LogP contribution in [0.2, 0.25) is 0 Å². The summed E-state index contributed by atoms with van der Waals surface area (Å²) in [5.74, 6) is 0.613. The minimum atomic E-state index is -2.88. The number of alkyl halides is 2. The van der Waals surface area contributed by atoms with Crippen molar-refractivity contribution in [2.75, 3.05) is 12.4 Å². The number of ether oxygens (including phenoxy) is 2. The molecule has 0 aliphatic heterocycles. The van der Waals surface area contributed by atoms with Gasteiger partial charge in [0.25, 0.3) is 0 Å². The molecule has 108 valence electrons. The van der Waals surface area contributed by atoms with E-state index in [1.54, 1.807) is 18.5 Å².